The number of carbonyl (C=O) groups excluding carboxylic acids is 1. The van der Waals surface area contributed by atoms with E-state index in [2.05, 4.69) is 10.3 Å². The number of hydrogen-bond acceptors (Lipinski definition) is 3. The normalized spacial score (nSPS) is 19.8. The minimum absolute atomic E-state index is 0.0776. The zero-order valence-electron chi connectivity index (χ0n) is 12.1. The van der Waals surface area contributed by atoms with Crippen LogP contribution in [-0.2, 0) is 11.8 Å². The average molecular weight is 264 g/mol. The molecule has 2 heterocycles. The van der Waals surface area contributed by atoms with Crippen LogP contribution >= 0.6 is 0 Å². The lowest BCUT2D eigenvalue weighted by Crippen LogP contribution is -2.48. The predicted molar refractivity (Wildman–Crippen MR) is 75.9 cm³/mol. The van der Waals surface area contributed by atoms with Crippen molar-refractivity contribution >= 4 is 11.9 Å². The Kier molecular flexibility index (Phi) is 4.45. The molecule has 1 aliphatic rings. The third kappa shape index (κ3) is 3.28. The van der Waals surface area contributed by atoms with Crippen LogP contribution in [0, 0.1) is 5.92 Å². The van der Waals surface area contributed by atoms with E-state index in [-0.39, 0.29) is 11.8 Å². The van der Waals surface area contributed by atoms with E-state index in [4.69, 9.17) is 0 Å². The number of aromatic nitrogens is 2. The quantitative estimate of drug-likeness (QED) is 0.903. The molecule has 5 heteroatoms. The van der Waals surface area contributed by atoms with Crippen LogP contribution in [-0.4, -0.2) is 39.5 Å². The van der Waals surface area contributed by atoms with E-state index in [0.717, 1.165) is 31.9 Å². The van der Waals surface area contributed by atoms with E-state index in [1.54, 1.807) is 6.20 Å². The fraction of sp³-hybridized carbons (Fsp3) is 0.714. The van der Waals surface area contributed by atoms with Crippen LogP contribution in [0.2, 0.25) is 0 Å². The molecular formula is C14H24N4O. The molecule has 106 valence electrons. The highest BCUT2D eigenvalue weighted by Crippen LogP contribution is 2.19. The van der Waals surface area contributed by atoms with Crippen molar-refractivity contribution in [1.82, 2.24) is 14.5 Å². The van der Waals surface area contributed by atoms with Crippen molar-refractivity contribution in [2.75, 3.05) is 18.4 Å². The van der Waals surface area contributed by atoms with Gasteiger partial charge in [0.2, 0.25) is 11.9 Å². The number of rotatable bonds is 4. The smallest absolute Gasteiger partial charge is 0.225 e. The summed E-state index contributed by atoms with van der Waals surface area (Å²) in [5, 5.41) is 3.34. The van der Waals surface area contributed by atoms with E-state index in [1.165, 1.54) is 6.42 Å². The third-order valence-corrected chi connectivity index (χ3v) is 3.72. The van der Waals surface area contributed by atoms with Crippen LogP contribution in [0.1, 0.15) is 33.1 Å². The number of amides is 1. The van der Waals surface area contributed by atoms with Crippen LogP contribution in [0.5, 0.6) is 0 Å². The van der Waals surface area contributed by atoms with Crippen molar-refractivity contribution in [3.63, 3.8) is 0 Å². The van der Waals surface area contributed by atoms with Crippen molar-refractivity contribution in [3.05, 3.63) is 12.4 Å². The maximum atomic E-state index is 12.2. The molecule has 19 heavy (non-hydrogen) atoms. The van der Waals surface area contributed by atoms with Gasteiger partial charge in [0, 0.05) is 44.5 Å². The van der Waals surface area contributed by atoms with Gasteiger partial charge in [-0.1, -0.05) is 13.8 Å². The van der Waals surface area contributed by atoms with Crippen molar-refractivity contribution < 1.29 is 4.79 Å². The second-order valence-electron chi connectivity index (χ2n) is 5.58. The molecule has 5 nitrogen and oxygen atoms in total. The summed E-state index contributed by atoms with van der Waals surface area (Å²) in [6, 6.07) is 0.292. The molecule has 1 N–H and O–H groups in total. The van der Waals surface area contributed by atoms with E-state index in [0.29, 0.717) is 6.04 Å². The van der Waals surface area contributed by atoms with Gasteiger partial charge in [0.1, 0.15) is 0 Å². The first-order valence-electron chi connectivity index (χ1n) is 7.11. The molecule has 1 saturated heterocycles. The Balaban J connectivity index is 1.96. The first-order chi connectivity index (χ1) is 9.09. The summed E-state index contributed by atoms with van der Waals surface area (Å²) in [4.78, 5) is 18.5. The summed E-state index contributed by atoms with van der Waals surface area (Å²) in [5.41, 5.74) is 0. The van der Waals surface area contributed by atoms with Crippen LogP contribution in [0.15, 0.2) is 12.4 Å². The Bertz CT molecular complexity index is 427. The molecule has 1 unspecified atom stereocenters. The monoisotopic (exact) mass is 264 g/mol. The van der Waals surface area contributed by atoms with Crippen molar-refractivity contribution in [3.8, 4) is 0 Å². The minimum atomic E-state index is 0.0776. The van der Waals surface area contributed by atoms with Crippen LogP contribution in [0.25, 0.3) is 0 Å². The Morgan fingerprint density at radius 1 is 1.53 bits per heavy atom. The summed E-state index contributed by atoms with van der Waals surface area (Å²) >= 11 is 0. The standard InChI is InChI=1S/C14H24N4O/c1-11(2)13(19)18-8-5-4-6-12(18)10-16-14-15-7-9-17(14)3/h7,9,11-12H,4-6,8,10H2,1-3H3,(H,15,16). The molecule has 0 spiro atoms. The van der Waals surface area contributed by atoms with Gasteiger partial charge in [-0.15, -0.1) is 0 Å². The van der Waals surface area contributed by atoms with E-state index >= 15 is 0 Å². The zero-order chi connectivity index (χ0) is 13.8. The number of hydrogen-bond donors (Lipinski definition) is 1. The Hall–Kier alpha value is -1.52. The number of piperidine rings is 1. The highest BCUT2D eigenvalue weighted by Gasteiger charge is 2.27. The molecule has 2 rings (SSSR count). The lowest BCUT2D eigenvalue weighted by Gasteiger charge is -2.37. The molecule has 1 fully saturated rings. The highest BCUT2D eigenvalue weighted by atomic mass is 16.2. The SMILES string of the molecule is CC(C)C(=O)N1CCCCC1CNc1nccn1C. The van der Waals surface area contributed by atoms with Gasteiger partial charge in [-0.2, -0.15) is 0 Å². The van der Waals surface area contributed by atoms with Gasteiger partial charge in [-0.3, -0.25) is 4.79 Å². The molecule has 1 aromatic heterocycles. The molecular weight excluding hydrogens is 240 g/mol. The van der Waals surface area contributed by atoms with Gasteiger partial charge in [0.05, 0.1) is 0 Å². The number of aryl methyl sites for hydroxylation is 1. The first-order valence-corrected chi connectivity index (χ1v) is 7.11. The molecule has 0 aliphatic carbocycles. The lowest BCUT2D eigenvalue weighted by molar-refractivity contribution is -0.137. The van der Waals surface area contributed by atoms with Crippen LogP contribution in [0.4, 0.5) is 5.95 Å². The second kappa shape index (κ2) is 6.08. The molecule has 0 radical (unpaired) electrons. The van der Waals surface area contributed by atoms with E-state index in [9.17, 15) is 4.79 Å². The highest BCUT2D eigenvalue weighted by molar-refractivity contribution is 5.78. The number of nitrogens with zero attached hydrogens (tertiary/aromatic N) is 3. The number of likely N-dealkylation sites (tertiary alicyclic amines) is 1. The largest absolute Gasteiger partial charge is 0.354 e. The van der Waals surface area contributed by atoms with Crippen LogP contribution in [0.3, 0.4) is 0 Å². The lowest BCUT2D eigenvalue weighted by atomic mass is 10.00. The molecule has 1 aromatic rings. The average Bonchev–Trinajstić information content (AvgIpc) is 2.81. The molecule has 1 atom stereocenters. The van der Waals surface area contributed by atoms with Crippen molar-refractivity contribution in [1.29, 1.82) is 0 Å². The predicted octanol–water partition coefficient (Wildman–Crippen LogP) is 1.87. The summed E-state index contributed by atoms with van der Waals surface area (Å²) in [5.74, 6) is 1.21. The molecule has 1 aliphatic heterocycles. The molecule has 0 aromatic carbocycles. The summed E-state index contributed by atoms with van der Waals surface area (Å²) < 4.78 is 1.96. The van der Waals surface area contributed by atoms with Gasteiger partial charge >= 0.3 is 0 Å². The van der Waals surface area contributed by atoms with Gasteiger partial charge < -0.3 is 14.8 Å². The van der Waals surface area contributed by atoms with Crippen molar-refractivity contribution in [2.24, 2.45) is 13.0 Å². The Morgan fingerprint density at radius 2 is 2.32 bits per heavy atom. The topological polar surface area (TPSA) is 50.2 Å². The summed E-state index contributed by atoms with van der Waals surface area (Å²) in [7, 11) is 1.97. The maximum absolute atomic E-state index is 12.2. The number of nitrogens with one attached hydrogen (secondary N) is 1. The zero-order valence-corrected chi connectivity index (χ0v) is 12.1. The van der Waals surface area contributed by atoms with Gasteiger partial charge in [0.25, 0.3) is 0 Å². The van der Waals surface area contributed by atoms with Gasteiger partial charge in [0.15, 0.2) is 0 Å². The van der Waals surface area contributed by atoms with E-state index in [1.807, 2.05) is 36.6 Å². The molecule has 1 amide bonds. The Morgan fingerprint density at radius 3 is 2.95 bits per heavy atom. The number of carbonyl (C=O) groups is 1. The summed E-state index contributed by atoms with van der Waals surface area (Å²) in [6.45, 7) is 5.62. The van der Waals surface area contributed by atoms with E-state index < -0.39 is 0 Å². The van der Waals surface area contributed by atoms with Gasteiger partial charge in [-0.05, 0) is 19.3 Å². The van der Waals surface area contributed by atoms with Gasteiger partial charge in [-0.25, -0.2) is 4.98 Å². The second-order valence-corrected chi connectivity index (χ2v) is 5.58. The number of imidazole rings is 1. The number of anilines is 1. The molecule has 0 bridgehead atoms. The minimum Gasteiger partial charge on any atom is -0.354 e. The molecule has 0 saturated carbocycles. The Labute approximate surface area is 115 Å². The fourth-order valence-electron chi connectivity index (χ4n) is 2.58. The van der Waals surface area contributed by atoms with Crippen LogP contribution < -0.4 is 5.32 Å². The fourth-order valence-corrected chi connectivity index (χ4v) is 2.58. The first kappa shape index (κ1) is 13.9. The maximum Gasteiger partial charge on any atom is 0.225 e. The van der Waals surface area contributed by atoms with Crippen molar-refractivity contribution in [2.45, 2.75) is 39.2 Å². The summed E-state index contributed by atoms with van der Waals surface area (Å²) in [6.07, 6.45) is 7.10. The third-order valence-electron chi connectivity index (χ3n) is 3.72.